The zero-order valence-corrected chi connectivity index (χ0v) is 13.2. The van der Waals surface area contributed by atoms with Gasteiger partial charge in [-0.1, -0.05) is 26.7 Å². The second-order valence-electron chi connectivity index (χ2n) is 7.11. The molecule has 2 aliphatic rings. The summed E-state index contributed by atoms with van der Waals surface area (Å²) in [4.78, 5) is 14.4. The van der Waals surface area contributed by atoms with Gasteiger partial charge in [-0.2, -0.15) is 0 Å². The van der Waals surface area contributed by atoms with Crippen molar-refractivity contribution >= 4 is 5.91 Å². The standard InChI is InChI=1S/C16H31N3O/c1-14(2)11-16(5-3-4-6-16)13-18-15(20)12-19-9-7-17-8-10-19/h14,17H,3-13H2,1-2H3,(H,18,20). The summed E-state index contributed by atoms with van der Waals surface area (Å²) in [5.41, 5.74) is 0.382. The number of nitrogens with one attached hydrogen (secondary N) is 2. The first kappa shape index (κ1) is 15.8. The third-order valence-electron chi connectivity index (χ3n) is 4.74. The van der Waals surface area contributed by atoms with Crippen LogP contribution >= 0.6 is 0 Å². The molecule has 0 aromatic rings. The van der Waals surface area contributed by atoms with Crippen molar-refractivity contribution < 1.29 is 4.79 Å². The Bertz CT molecular complexity index is 305. The smallest absolute Gasteiger partial charge is 0.234 e. The minimum Gasteiger partial charge on any atom is -0.354 e. The second kappa shape index (κ2) is 7.41. The van der Waals surface area contributed by atoms with Crippen LogP contribution in [-0.4, -0.2) is 50.1 Å². The van der Waals surface area contributed by atoms with E-state index >= 15 is 0 Å². The number of rotatable bonds is 6. The normalized spacial score (nSPS) is 23.1. The Morgan fingerprint density at radius 3 is 2.50 bits per heavy atom. The molecule has 1 amide bonds. The molecule has 2 N–H and O–H groups in total. The fourth-order valence-corrected chi connectivity index (χ4v) is 3.86. The summed E-state index contributed by atoms with van der Waals surface area (Å²) in [5.74, 6) is 0.931. The first-order chi connectivity index (χ1) is 9.60. The molecule has 116 valence electrons. The molecule has 0 aromatic carbocycles. The van der Waals surface area contributed by atoms with E-state index in [9.17, 15) is 4.79 Å². The number of carbonyl (C=O) groups is 1. The maximum absolute atomic E-state index is 12.1. The van der Waals surface area contributed by atoms with Crippen molar-refractivity contribution in [3.8, 4) is 0 Å². The molecule has 0 bridgehead atoms. The number of carbonyl (C=O) groups excluding carboxylic acids is 1. The highest BCUT2D eigenvalue weighted by Gasteiger charge is 2.34. The van der Waals surface area contributed by atoms with E-state index in [-0.39, 0.29) is 5.91 Å². The molecule has 4 nitrogen and oxygen atoms in total. The summed E-state index contributed by atoms with van der Waals surface area (Å²) in [6.07, 6.45) is 6.50. The molecular formula is C16H31N3O. The zero-order chi connectivity index (χ0) is 14.4. The first-order valence-electron chi connectivity index (χ1n) is 8.29. The number of hydrogen-bond donors (Lipinski definition) is 2. The predicted molar refractivity (Wildman–Crippen MR) is 82.7 cm³/mol. The van der Waals surface area contributed by atoms with Crippen LogP contribution in [0.3, 0.4) is 0 Å². The van der Waals surface area contributed by atoms with Crippen LogP contribution in [0.5, 0.6) is 0 Å². The number of piperazine rings is 1. The highest BCUT2D eigenvalue weighted by atomic mass is 16.2. The van der Waals surface area contributed by atoms with Crippen LogP contribution in [0.1, 0.15) is 46.0 Å². The highest BCUT2D eigenvalue weighted by molar-refractivity contribution is 5.78. The molecule has 20 heavy (non-hydrogen) atoms. The lowest BCUT2D eigenvalue weighted by molar-refractivity contribution is -0.123. The van der Waals surface area contributed by atoms with E-state index < -0.39 is 0 Å². The largest absolute Gasteiger partial charge is 0.354 e. The third-order valence-corrected chi connectivity index (χ3v) is 4.74. The van der Waals surface area contributed by atoms with Crippen molar-refractivity contribution in [3.05, 3.63) is 0 Å². The molecule has 1 aliphatic carbocycles. The summed E-state index contributed by atoms with van der Waals surface area (Å²) in [6, 6.07) is 0. The van der Waals surface area contributed by atoms with Crippen LogP contribution in [0.4, 0.5) is 0 Å². The van der Waals surface area contributed by atoms with Gasteiger partial charge in [0.25, 0.3) is 0 Å². The molecule has 1 saturated heterocycles. The van der Waals surface area contributed by atoms with E-state index in [0.717, 1.165) is 38.6 Å². The monoisotopic (exact) mass is 281 g/mol. The van der Waals surface area contributed by atoms with Gasteiger partial charge in [0.2, 0.25) is 5.91 Å². The molecule has 0 atom stereocenters. The first-order valence-corrected chi connectivity index (χ1v) is 8.29. The average Bonchev–Trinajstić information content (AvgIpc) is 2.86. The second-order valence-corrected chi connectivity index (χ2v) is 7.11. The molecular weight excluding hydrogens is 250 g/mol. The van der Waals surface area contributed by atoms with E-state index in [2.05, 4.69) is 29.4 Å². The van der Waals surface area contributed by atoms with E-state index in [1.807, 2.05) is 0 Å². The molecule has 0 unspecified atom stereocenters. The van der Waals surface area contributed by atoms with Gasteiger partial charge < -0.3 is 10.6 Å². The summed E-state index contributed by atoms with van der Waals surface area (Å²) >= 11 is 0. The Hall–Kier alpha value is -0.610. The highest BCUT2D eigenvalue weighted by Crippen LogP contribution is 2.42. The van der Waals surface area contributed by atoms with Gasteiger partial charge in [0.05, 0.1) is 6.54 Å². The van der Waals surface area contributed by atoms with Crippen LogP contribution < -0.4 is 10.6 Å². The van der Waals surface area contributed by atoms with Gasteiger partial charge in [-0.05, 0) is 30.6 Å². The maximum atomic E-state index is 12.1. The van der Waals surface area contributed by atoms with Gasteiger partial charge in [-0.3, -0.25) is 9.69 Å². The van der Waals surface area contributed by atoms with Crippen LogP contribution in [0.15, 0.2) is 0 Å². The van der Waals surface area contributed by atoms with Crippen molar-refractivity contribution in [2.24, 2.45) is 11.3 Å². The zero-order valence-electron chi connectivity index (χ0n) is 13.2. The van der Waals surface area contributed by atoms with E-state index in [1.54, 1.807) is 0 Å². The summed E-state index contributed by atoms with van der Waals surface area (Å²) < 4.78 is 0. The predicted octanol–water partition coefficient (Wildman–Crippen LogP) is 1.61. The number of nitrogens with zero attached hydrogens (tertiary/aromatic N) is 1. The number of amides is 1. The lowest BCUT2D eigenvalue weighted by Crippen LogP contribution is -2.48. The van der Waals surface area contributed by atoms with Crippen molar-refractivity contribution in [2.45, 2.75) is 46.0 Å². The summed E-state index contributed by atoms with van der Waals surface area (Å²) in [7, 11) is 0. The maximum Gasteiger partial charge on any atom is 0.234 e. The topological polar surface area (TPSA) is 44.4 Å². The molecule has 1 aliphatic heterocycles. The van der Waals surface area contributed by atoms with Gasteiger partial charge in [0.15, 0.2) is 0 Å². The van der Waals surface area contributed by atoms with Gasteiger partial charge in [-0.15, -0.1) is 0 Å². The fraction of sp³-hybridized carbons (Fsp3) is 0.938. The summed E-state index contributed by atoms with van der Waals surface area (Å²) in [5, 5.41) is 6.54. The lowest BCUT2D eigenvalue weighted by Gasteiger charge is -2.32. The van der Waals surface area contributed by atoms with Gasteiger partial charge in [-0.25, -0.2) is 0 Å². The minimum absolute atomic E-state index is 0.210. The van der Waals surface area contributed by atoms with Crippen LogP contribution in [0.25, 0.3) is 0 Å². The van der Waals surface area contributed by atoms with Crippen LogP contribution in [-0.2, 0) is 4.79 Å². The van der Waals surface area contributed by atoms with Crippen molar-refractivity contribution in [1.82, 2.24) is 15.5 Å². The van der Waals surface area contributed by atoms with Crippen molar-refractivity contribution in [2.75, 3.05) is 39.3 Å². The van der Waals surface area contributed by atoms with E-state index in [1.165, 1.54) is 32.1 Å². The average molecular weight is 281 g/mol. The molecule has 2 fully saturated rings. The summed E-state index contributed by atoms with van der Waals surface area (Å²) in [6.45, 7) is 10.0. The molecule has 2 rings (SSSR count). The van der Waals surface area contributed by atoms with Gasteiger partial charge in [0, 0.05) is 32.7 Å². The van der Waals surface area contributed by atoms with E-state index in [4.69, 9.17) is 0 Å². The Morgan fingerprint density at radius 1 is 1.25 bits per heavy atom. The Morgan fingerprint density at radius 2 is 1.90 bits per heavy atom. The third kappa shape index (κ3) is 4.74. The fourth-order valence-electron chi connectivity index (χ4n) is 3.86. The van der Waals surface area contributed by atoms with Crippen LogP contribution in [0.2, 0.25) is 0 Å². The Balaban J connectivity index is 1.75. The quantitative estimate of drug-likeness (QED) is 0.777. The molecule has 1 saturated carbocycles. The van der Waals surface area contributed by atoms with E-state index in [0.29, 0.717) is 12.0 Å². The van der Waals surface area contributed by atoms with Crippen molar-refractivity contribution in [1.29, 1.82) is 0 Å². The van der Waals surface area contributed by atoms with Gasteiger partial charge in [0.1, 0.15) is 0 Å². The van der Waals surface area contributed by atoms with Crippen molar-refractivity contribution in [3.63, 3.8) is 0 Å². The Labute approximate surface area is 123 Å². The van der Waals surface area contributed by atoms with Gasteiger partial charge >= 0.3 is 0 Å². The van der Waals surface area contributed by atoms with Crippen LogP contribution in [0, 0.1) is 11.3 Å². The molecule has 4 heteroatoms. The molecule has 0 radical (unpaired) electrons. The molecule has 1 heterocycles. The number of hydrogen-bond acceptors (Lipinski definition) is 3. The molecule has 0 spiro atoms. The Kier molecular flexibility index (Phi) is 5.85. The SMILES string of the molecule is CC(C)CC1(CNC(=O)CN2CCNCC2)CCCC1. The lowest BCUT2D eigenvalue weighted by atomic mass is 9.78. The minimum atomic E-state index is 0.210. The molecule has 0 aromatic heterocycles.